The van der Waals surface area contributed by atoms with Crippen LogP contribution in [0.4, 0.5) is 0 Å². The van der Waals surface area contributed by atoms with Gasteiger partial charge in [0.2, 0.25) is 0 Å². The van der Waals surface area contributed by atoms with Crippen molar-refractivity contribution in [1.82, 2.24) is 9.55 Å². The number of ketones is 1. The molecule has 5 nitrogen and oxygen atoms in total. The van der Waals surface area contributed by atoms with Gasteiger partial charge in [-0.1, -0.05) is 42.5 Å². The number of Topliss-reactive ketones (excluding diaryl/α,β-unsaturated/α-hetero) is 1. The first-order chi connectivity index (χ1) is 15.6. The third-order valence-electron chi connectivity index (χ3n) is 7.14. The van der Waals surface area contributed by atoms with Gasteiger partial charge in [0.25, 0.3) is 0 Å². The predicted molar refractivity (Wildman–Crippen MR) is 123 cm³/mol. The molecule has 1 aliphatic heterocycles. The van der Waals surface area contributed by atoms with Crippen LogP contribution in [0, 0.1) is 5.92 Å². The number of carbonyl (C=O) groups excluding carboxylic acids is 1. The Balaban J connectivity index is 1.15. The standard InChI is InChI=1S/C27H30N2O3/c1-18(30)21-6-4-5-19(13-21)16-32-22-11-9-20(10-12-22)27(31)14-25-23-7-2-3-8-24(23)26-15-28-17-29(25)26/h2-8,13,15,17,20,22,25,27,31H,9-12,14,16H2,1H3/t20-,22-,25?,27?. The van der Waals surface area contributed by atoms with Crippen LogP contribution in [0.25, 0.3) is 11.3 Å². The van der Waals surface area contributed by atoms with Gasteiger partial charge in [0.15, 0.2) is 5.78 Å². The molecule has 1 aromatic heterocycles. The van der Waals surface area contributed by atoms with Crippen LogP contribution in [0.3, 0.4) is 0 Å². The fourth-order valence-corrected chi connectivity index (χ4v) is 5.33. The lowest BCUT2D eigenvalue weighted by Crippen LogP contribution is -2.30. The number of hydrogen-bond acceptors (Lipinski definition) is 4. The number of benzene rings is 2. The van der Waals surface area contributed by atoms with Crippen LogP contribution in [0.1, 0.15) is 66.6 Å². The highest BCUT2D eigenvalue weighted by atomic mass is 16.5. The highest BCUT2D eigenvalue weighted by Crippen LogP contribution is 2.42. The number of ether oxygens (including phenoxy) is 1. The Morgan fingerprint density at radius 2 is 1.97 bits per heavy atom. The van der Waals surface area contributed by atoms with Gasteiger partial charge in [0.05, 0.1) is 43.1 Å². The van der Waals surface area contributed by atoms with Crippen molar-refractivity contribution in [1.29, 1.82) is 0 Å². The summed E-state index contributed by atoms with van der Waals surface area (Å²) in [5.41, 5.74) is 5.43. The molecular weight excluding hydrogens is 400 g/mol. The summed E-state index contributed by atoms with van der Waals surface area (Å²) in [6.07, 6.45) is 8.28. The van der Waals surface area contributed by atoms with E-state index in [4.69, 9.17) is 4.74 Å². The zero-order chi connectivity index (χ0) is 22.1. The lowest BCUT2D eigenvalue weighted by molar-refractivity contribution is -0.0160. The van der Waals surface area contributed by atoms with Gasteiger partial charge in [-0.25, -0.2) is 4.98 Å². The number of aliphatic hydroxyl groups is 1. The second-order valence-corrected chi connectivity index (χ2v) is 9.20. The smallest absolute Gasteiger partial charge is 0.159 e. The van der Waals surface area contributed by atoms with Crippen LogP contribution < -0.4 is 0 Å². The highest BCUT2D eigenvalue weighted by Gasteiger charge is 2.33. The second kappa shape index (κ2) is 9.00. The van der Waals surface area contributed by atoms with Crippen molar-refractivity contribution < 1.29 is 14.6 Å². The molecule has 5 heteroatoms. The van der Waals surface area contributed by atoms with E-state index in [1.807, 2.05) is 36.8 Å². The molecule has 1 N–H and O–H groups in total. The van der Waals surface area contributed by atoms with Crippen molar-refractivity contribution in [3.05, 3.63) is 77.7 Å². The molecule has 2 heterocycles. The Bertz CT molecular complexity index is 1100. The van der Waals surface area contributed by atoms with E-state index in [0.717, 1.165) is 42.5 Å². The summed E-state index contributed by atoms with van der Waals surface area (Å²) < 4.78 is 8.35. The highest BCUT2D eigenvalue weighted by molar-refractivity contribution is 5.94. The predicted octanol–water partition coefficient (Wildman–Crippen LogP) is 5.18. The van der Waals surface area contributed by atoms with E-state index in [2.05, 4.69) is 33.8 Å². The van der Waals surface area contributed by atoms with E-state index >= 15 is 0 Å². The van der Waals surface area contributed by atoms with E-state index < -0.39 is 0 Å². The molecule has 166 valence electrons. The minimum absolute atomic E-state index is 0.0778. The van der Waals surface area contributed by atoms with Crippen molar-refractivity contribution in [3.63, 3.8) is 0 Å². The minimum Gasteiger partial charge on any atom is -0.393 e. The average molecular weight is 431 g/mol. The number of hydrogen-bond donors (Lipinski definition) is 1. The molecule has 3 aromatic rings. The number of carbonyl (C=O) groups is 1. The topological polar surface area (TPSA) is 64.3 Å². The summed E-state index contributed by atoms with van der Waals surface area (Å²) in [6.45, 7) is 2.12. The zero-order valence-corrected chi connectivity index (χ0v) is 18.5. The van der Waals surface area contributed by atoms with Crippen molar-refractivity contribution in [2.45, 2.75) is 63.9 Å². The van der Waals surface area contributed by atoms with Gasteiger partial charge < -0.3 is 14.4 Å². The second-order valence-electron chi connectivity index (χ2n) is 9.20. The third-order valence-corrected chi connectivity index (χ3v) is 7.14. The summed E-state index contributed by atoms with van der Waals surface area (Å²) in [5.74, 6) is 0.379. The first-order valence-electron chi connectivity index (χ1n) is 11.6. The van der Waals surface area contributed by atoms with E-state index in [1.54, 1.807) is 6.92 Å². The molecule has 0 amide bonds. The molecule has 5 rings (SSSR count). The largest absolute Gasteiger partial charge is 0.393 e. The Kier molecular flexibility index (Phi) is 5.94. The van der Waals surface area contributed by atoms with E-state index in [9.17, 15) is 9.90 Å². The van der Waals surface area contributed by atoms with E-state index in [1.165, 1.54) is 11.1 Å². The van der Waals surface area contributed by atoms with Gasteiger partial charge in [-0.2, -0.15) is 0 Å². The van der Waals surface area contributed by atoms with Gasteiger partial charge >= 0.3 is 0 Å². The minimum atomic E-state index is -0.338. The fourth-order valence-electron chi connectivity index (χ4n) is 5.33. The van der Waals surface area contributed by atoms with Crippen molar-refractivity contribution in [2.75, 3.05) is 0 Å². The van der Waals surface area contributed by atoms with Gasteiger partial charge in [-0.05, 0) is 62.1 Å². The molecular formula is C27H30N2O3. The summed E-state index contributed by atoms with van der Waals surface area (Å²) in [7, 11) is 0. The van der Waals surface area contributed by atoms with Crippen LogP contribution in [-0.4, -0.2) is 32.6 Å². The summed E-state index contributed by atoms with van der Waals surface area (Å²) in [5, 5.41) is 11.1. The third kappa shape index (κ3) is 4.15. The Morgan fingerprint density at radius 1 is 1.16 bits per heavy atom. The van der Waals surface area contributed by atoms with Crippen molar-refractivity contribution in [2.24, 2.45) is 5.92 Å². The van der Waals surface area contributed by atoms with Crippen LogP contribution >= 0.6 is 0 Å². The van der Waals surface area contributed by atoms with Gasteiger partial charge in [0.1, 0.15) is 0 Å². The average Bonchev–Trinajstić information content (AvgIpc) is 3.41. The lowest BCUT2D eigenvalue weighted by atomic mass is 9.81. The monoisotopic (exact) mass is 430 g/mol. The van der Waals surface area contributed by atoms with Gasteiger partial charge in [-0.3, -0.25) is 4.79 Å². The quantitative estimate of drug-likeness (QED) is 0.525. The number of rotatable bonds is 7. The summed E-state index contributed by atoms with van der Waals surface area (Å²) in [4.78, 5) is 15.9. The van der Waals surface area contributed by atoms with Crippen LogP contribution in [0.15, 0.2) is 61.1 Å². The molecule has 0 bridgehead atoms. The number of nitrogens with zero attached hydrogens (tertiary/aromatic N) is 2. The maximum absolute atomic E-state index is 11.6. The number of aromatic nitrogens is 2. The molecule has 2 unspecified atom stereocenters. The van der Waals surface area contributed by atoms with E-state index in [-0.39, 0.29) is 24.0 Å². The van der Waals surface area contributed by atoms with Crippen LogP contribution in [-0.2, 0) is 11.3 Å². The molecule has 0 radical (unpaired) electrons. The van der Waals surface area contributed by atoms with Crippen LogP contribution in [0.5, 0.6) is 0 Å². The molecule has 1 aliphatic carbocycles. The summed E-state index contributed by atoms with van der Waals surface area (Å²) >= 11 is 0. The normalized spacial score (nSPS) is 22.9. The van der Waals surface area contributed by atoms with Gasteiger partial charge in [0, 0.05) is 11.1 Å². The number of imidazole rings is 1. The Labute approximate surface area is 189 Å². The zero-order valence-electron chi connectivity index (χ0n) is 18.5. The lowest BCUT2D eigenvalue weighted by Gasteiger charge is -2.32. The Hall–Kier alpha value is -2.76. The van der Waals surface area contributed by atoms with Crippen molar-refractivity contribution >= 4 is 5.78 Å². The maximum atomic E-state index is 11.6. The molecule has 1 saturated carbocycles. The van der Waals surface area contributed by atoms with Gasteiger partial charge in [-0.15, -0.1) is 0 Å². The molecule has 2 aliphatic rings. The first kappa shape index (κ1) is 21.1. The van der Waals surface area contributed by atoms with Crippen LogP contribution in [0.2, 0.25) is 0 Å². The number of fused-ring (bicyclic) bond motifs is 3. The number of aliphatic hydroxyl groups excluding tert-OH is 1. The van der Waals surface area contributed by atoms with Crippen molar-refractivity contribution in [3.8, 4) is 11.3 Å². The molecule has 1 fully saturated rings. The summed E-state index contributed by atoms with van der Waals surface area (Å²) in [6, 6.07) is 16.3. The SMILES string of the molecule is CC(=O)c1cccc(CO[C@H]2CC[C@H](C(O)CC3c4ccccc4-c4cncn43)CC2)c1. The molecule has 0 saturated heterocycles. The first-order valence-corrected chi connectivity index (χ1v) is 11.6. The molecule has 2 atom stereocenters. The molecule has 32 heavy (non-hydrogen) atoms. The molecule has 0 spiro atoms. The molecule has 2 aromatic carbocycles. The maximum Gasteiger partial charge on any atom is 0.159 e. The van der Waals surface area contributed by atoms with E-state index in [0.29, 0.717) is 18.9 Å². The Morgan fingerprint density at radius 3 is 2.78 bits per heavy atom. The fraction of sp³-hybridized carbons (Fsp3) is 0.407.